The number of nitrogens with one attached hydrogen (secondary N) is 1. The van der Waals surface area contributed by atoms with Crippen LogP contribution in [-0.4, -0.2) is 6.04 Å². The van der Waals surface area contributed by atoms with Gasteiger partial charge in [-0.3, -0.25) is 0 Å². The molecule has 1 fully saturated rings. The summed E-state index contributed by atoms with van der Waals surface area (Å²) in [4.78, 5) is 0. The Morgan fingerprint density at radius 3 is 2.55 bits per heavy atom. The molecule has 0 amide bonds. The second-order valence-electron chi connectivity index (χ2n) is 5.96. The lowest BCUT2D eigenvalue weighted by molar-refractivity contribution is 0.361. The largest absolute Gasteiger partial charge is 0.306 e. The fraction of sp³-hybridized carbons (Fsp3) is 0.611. The van der Waals surface area contributed by atoms with E-state index >= 15 is 0 Å². The van der Waals surface area contributed by atoms with Crippen LogP contribution in [0.2, 0.25) is 0 Å². The van der Waals surface area contributed by atoms with Gasteiger partial charge < -0.3 is 5.32 Å². The molecule has 2 nitrogen and oxygen atoms in total. The number of benzene rings is 1. The maximum Gasteiger partial charge on any atom is 0.0672 e. The highest BCUT2D eigenvalue weighted by Crippen LogP contribution is 2.25. The highest BCUT2D eigenvalue weighted by molar-refractivity contribution is 5.24. The first-order chi connectivity index (χ1) is 9.74. The molecule has 1 saturated carbocycles. The molecular formula is C18H26N2. The average Bonchev–Trinajstić information content (AvgIpc) is 2.72. The molecule has 1 aromatic rings. The highest BCUT2D eigenvalue weighted by atomic mass is 15.0. The second-order valence-corrected chi connectivity index (χ2v) is 5.96. The van der Waals surface area contributed by atoms with Gasteiger partial charge in [0.1, 0.15) is 0 Å². The van der Waals surface area contributed by atoms with E-state index in [9.17, 15) is 5.26 Å². The number of hydrogen-bond donors (Lipinski definition) is 1. The number of hydrogen-bond acceptors (Lipinski definition) is 2. The van der Waals surface area contributed by atoms with Gasteiger partial charge in [0.25, 0.3) is 0 Å². The summed E-state index contributed by atoms with van der Waals surface area (Å²) in [6.07, 6.45) is 7.00. The number of nitrogens with zero attached hydrogens (tertiary/aromatic N) is 1. The molecule has 0 heterocycles. The molecule has 1 aliphatic rings. The Balaban J connectivity index is 2.01. The molecule has 2 heteroatoms. The SMILES string of the molecule is CCc1ccc(C(C)NC2CCCCCC2C#N)cc1. The predicted molar refractivity (Wildman–Crippen MR) is 83.3 cm³/mol. The Kier molecular flexibility index (Phi) is 5.61. The lowest BCUT2D eigenvalue weighted by Gasteiger charge is -2.25. The van der Waals surface area contributed by atoms with Crippen LogP contribution in [0.1, 0.15) is 63.1 Å². The summed E-state index contributed by atoms with van der Waals surface area (Å²) in [5, 5.41) is 13.0. The summed E-state index contributed by atoms with van der Waals surface area (Å²) in [5.41, 5.74) is 2.70. The molecular weight excluding hydrogens is 244 g/mol. The maximum absolute atomic E-state index is 9.35. The molecule has 0 bridgehead atoms. The van der Waals surface area contributed by atoms with Crippen molar-refractivity contribution in [2.45, 2.75) is 64.5 Å². The monoisotopic (exact) mass is 270 g/mol. The smallest absolute Gasteiger partial charge is 0.0672 e. The minimum atomic E-state index is 0.176. The van der Waals surface area contributed by atoms with Crippen molar-refractivity contribution in [1.82, 2.24) is 5.32 Å². The Morgan fingerprint density at radius 2 is 1.90 bits per heavy atom. The van der Waals surface area contributed by atoms with E-state index in [2.05, 4.69) is 49.5 Å². The topological polar surface area (TPSA) is 35.8 Å². The van der Waals surface area contributed by atoms with Crippen LogP contribution in [0.25, 0.3) is 0 Å². The summed E-state index contributed by atoms with van der Waals surface area (Å²) in [7, 11) is 0. The molecule has 3 atom stereocenters. The van der Waals surface area contributed by atoms with Crippen LogP contribution in [0, 0.1) is 17.2 Å². The molecule has 0 aromatic heterocycles. The van der Waals surface area contributed by atoms with Crippen LogP contribution >= 0.6 is 0 Å². The van der Waals surface area contributed by atoms with Crippen LogP contribution in [0.4, 0.5) is 0 Å². The maximum atomic E-state index is 9.35. The minimum absolute atomic E-state index is 0.176. The van der Waals surface area contributed by atoms with Crippen LogP contribution < -0.4 is 5.32 Å². The second kappa shape index (κ2) is 7.45. The van der Waals surface area contributed by atoms with Gasteiger partial charge in [0.2, 0.25) is 0 Å². The van der Waals surface area contributed by atoms with E-state index in [0.717, 1.165) is 19.3 Å². The van der Waals surface area contributed by atoms with E-state index in [-0.39, 0.29) is 5.92 Å². The lowest BCUT2D eigenvalue weighted by Crippen LogP contribution is -2.36. The van der Waals surface area contributed by atoms with Crippen molar-refractivity contribution < 1.29 is 0 Å². The van der Waals surface area contributed by atoms with Gasteiger partial charge in [0.15, 0.2) is 0 Å². The van der Waals surface area contributed by atoms with E-state index in [4.69, 9.17) is 0 Å². The number of nitriles is 1. The van der Waals surface area contributed by atoms with Gasteiger partial charge in [-0.15, -0.1) is 0 Å². The molecule has 1 aromatic carbocycles. The Bertz CT molecular complexity index is 443. The molecule has 0 spiro atoms. The van der Waals surface area contributed by atoms with Crippen LogP contribution in [-0.2, 0) is 6.42 Å². The molecule has 2 rings (SSSR count). The van der Waals surface area contributed by atoms with Gasteiger partial charge in [-0.25, -0.2) is 0 Å². The van der Waals surface area contributed by atoms with Crippen molar-refractivity contribution in [3.05, 3.63) is 35.4 Å². The van der Waals surface area contributed by atoms with Crippen molar-refractivity contribution >= 4 is 0 Å². The van der Waals surface area contributed by atoms with E-state index in [1.54, 1.807) is 0 Å². The zero-order chi connectivity index (χ0) is 14.4. The van der Waals surface area contributed by atoms with Crippen LogP contribution in [0.15, 0.2) is 24.3 Å². The first kappa shape index (κ1) is 15.1. The van der Waals surface area contributed by atoms with Gasteiger partial charge in [-0.1, -0.05) is 50.5 Å². The average molecular weight is 270 g/mol. The fourth-order valence-electron chi connectivity index (χ4n) is 3.12. The van der Waals surface area contributed by atoms with Crippen LogP contribution in [0.3, 0.4) is 0 Å². The summed E-state index contributed by atoms with van der Waals surface area (Å²) >= 11 is 0. The number of aryl methyl sites for hydroxylation is 1. The molecule has 3 unspecified atom stereocenters. The third-order valence-corrected chi connectivity index (χ3v) is 4.53. The summed E-state index contributed by atoms with van der Waals surface area (Å²) in [5.74, 6) is 0.176. The molecule has 0 aliphatic heterocycles. The first-order valence-electron chi connectivity index (χ1n) is 7.99. The highest BCUT2D eigenvalue weighted by Gasteiger charge is 2.24. The van der Waals surface area contributed by atoms with Crippen molar-refractivity contribution in [2.75, 3.05) is 0 Å². The van der Waals surface area contributed by atoms with E-state index < -0.39 is 0 Å². The van der Waals surface area contributed by atoms with Crippen molar-refractivity contribution in [3.8, 4) is 6.07 Å². The molecule has 20 heavy (non-hydrogen) atoms. The lowest BCUT2D eigenvalue weighted by atomic mass is 9.94. The first-order valence-corrected chi connectivity index (χ1v) is 7.99. The summed E-state index contributed by atoms with van der Waals surface area (Å²) < 4.78 is 0. The Hall–Kier alpha value is -1.33. The number of rotatable bonds is 4. The van der Waals surface area contributed by atoms with Crippen LogP contribution in [0.5, 0.6) is 0 Å². The summed E-state index contributed by atoms with van der Waals surface area (Å²) in [6.45, 7) is 4.39. The standard InChI is InChI=1S/C18H26N2/c1-3-15-9-11-16(12-10-15)14(2)20-18-8-6-4-5-7-17(18)13-19/h9-12,14,17-18,20H,3-8H2,1-2H3. The zero-order valence-electron chi connectivity index (χ0n) is 12.7. The molecule has 108 valence electrons. The van der Waals surface area contributed by atoms with E-state index in [1.807, 2.05) is 0 Å². The normalized spacial score (nSPS) is 24.6. The Labute approximate surface area is 123 Å². The third-order valence-electron chi connectivity index (χ3n) is 4.53. The Morgan fingerprint density at radius 1 is 1.20 bits per heavy atom. The molecule has 1 N–H and O–H groups in total. The zero-order valence-corrected chi connectivity index (χ0v) is 12.7. The third kappa shape index (κ3) is 3.84. The van der Waals surface area contributed by atoms with E-state index in [0.29, 0.717) is 12.1 Å². The van der Waals surface area contributed by atoms with Gasteiger partial charge >= 0.3 is 0 Å². The van der Waals surface area contributed by atoms with Gasteiger partial charge in [-0.05, 0) is 37.3 Å². The summed E-state index contributed by atoms with van der Waals surface area (Å²) in [6, 6.07) is 12.0. The van der Waals surface area contributed by atoms with Crippen molar-refractivity contribution in [2.24, 2.45) is 5.92 Å². The fourth-order valence-corrected chi connectivity index (χ4v) is 3.12. The molecule has 1 aliphatic carbocycles. The minimum Gasteiger partial charge on any atom is -0.306 e. The van der Waals surface area contributed by atoms with Gasteiger partial charge in [0, 0.05) is 12.1 Å². The van der Waals surface area contributed by atoms with Crippen molar-refractivity contribution in [3.63, 3.8) is 0 Å². The quantitative estimate of drug-likeness (QED) is 0.824. The molecule has 0 saturated heterocycles. The van der Waals surface area contributed by atoms with Gasteiger partial charge in [-0.2, -0.15) is 5.26 Å². The predicted octanol–water partition coefficient (Wildman–Crippen LogP) is 4.37. The van der Waals surface area contributed by atoms with Crippen molar-refractivity contribution in [1.29, 1.82) is 5.26 Å². The van der Waals surface area contributed by atoms with E-state index in [1.165, 1.54) is 30.4 Å². The molecule has 0 radical (unpaired) electrons. The van der Waals surface area contributed by atoms with Gasteiger partial charge in [0.05, 0.1) is 12.0 Å².